The van der Waals surface area contributed by atoms with Gasteiger partial charge in [-0.1, -0.05) is 6.07 Å². The molecule has 0 saturated carbocycles. The van der Waals surface area contributed by atoms with Gasteiger partial charge in [0.15, 0.2) is 11.6 Å². The van der Waals surface area contributed by atoms with E-state index in [-0.39, 0.29) is 11.8 Å². The van der Waals surface area contributed by atoms with E-state index >= 15 is 0 Å². The summed E-state index contributed by atoms with van der Waals surface area (Å²) in [5, 5.41) is 8.66. The van der Waals surface area contributed by atoms with Gasteiger partial charge in [-0.05, 0) is 18.2 Å². The van der Waals surface area contributed by atoms with Gasteiger partial charge in [-0.15, -0.1) is 0 Å². The van der Waals surface area contributed by atoms with Crippen LogP contribution in [-0.4, -0.2) is 51.7 Å². The summed E-state index contributed by atoms with van der Waals surface area (Å²) in [5.41, 5.74) is 5.44. The van der Waals surface area contributed by atoms with Crippen LogP contribution in [0, 0.1) is 5.82 Å². The highest BCUT2D eigenvalue weighted by Crippen LogP contribution is 2.36. The molecule has 5 aromatic heterocycles. The van der Waals surface area contributed by atoms with Crippen LogP contribution in [0.2, 0.25) is 0 Å². The highest BCUT2D eigenvalue weighted by atomic mass is 19.1. The zero-order valence-corrected chi connectivity index (χ0v) is 19.1. The van der Waals surface area contributed by atoms with Gasteiger partial charge in [0.2, 0.25) is 5.89 Å². The van der Waals surface area contributed by atoms with Crippen molar-refractivity contribution in [2.24, 2.45) is 7.05 Å². The Balaban J connectivity index is 1.30. The molecule has 0 unspecified atom stereocenters. The average Bonchev–Trinajstić information content (AvgIpc) is 3.67. The molecular formula is C25H19FN8O2. The first kappa shape index (κ1) is 20.6. The number of pyridine rings is 1. The lowest BCUT2D eigenvalue weighted by Gasteiger charge is -2.32. The van der Waals surface area contributed by atoms with Gasteiger partial charge in [-0.3, -0.25) is 9.48 Å². The number of oxazole rings is 1. The summed E-state index contributed by atoms with van der Waals surface area (Å²) in [7, 11) is 1.86. The summed E-state index contributed by atoms with van der Waals surface area (Å²) >= 11 is 0. The van der Waals surface area contributed by atoms with E-state index in [1.54, 1.807) is 32.8 Å². The maximum Gasteiger partial charge on any atom is 0.258 e. The minimum Gasteiger partial charge on any atom is -0.438 e. The van der Waals surface area contributed by atoms with Gasteiger partial charge >= 0.3 is 0 Å². The summed E-state index contributed by atoms with van der Waals surface area (Å²) in [6.07, 6.45) is 9.35. The van der Waals surface area contributed by atoms with Crippen molar-refractivity contribution in [2.45, 2.75) is 12.5 Å². The second-order valence-electron chi connectivity index (χ2n) is 8.79. The number of carbonyl (C=O) groups is 1. The predicted octanol–water partition coefficient (Wildman–Crippen LogP) is 3.53. The van der Waals surface area contributed by atoms with Gasteiger partial charge in [-0.25, -0.2) is 18.9 Å². The van der Waals surface area contributed by atoms with Gasteiger partial charge in [0.05, 0.1) is 35.5 Å². The summed E-state index contributed by atoms with van der Waals surface area (Å²) in [5.74, 6) is -0.338. The number of hydrogen-bond donors (Lipinski definition) is 1. The normalized spacial score (nSPS) is 15.6. The number of nitrogens with zero attached hydrogens (tertiary/aromatic N) is 7. The Kier molecular flexibility index (Phi) is 4.34. The molecule has 0 aliphatic carbocycles. The standard InChI is InChI=1S/C25H19FN8O2/c1-32-11-15(9-29-32)14-2-4-20-17(10-30-34(20)12-14)25(35)33-7-6-18-22(28-13-27-18)23(33)24-31-19-8-16(26)3-5-21(19)36-24/h2-5,8-13,23H,6-7H2,1H3,(H,27,28)/t23-/m0/s1. The van der Waals surface area contributed by atoms with Crippen LogP contribution >= 0.6 is 0 Å². The number of nitrogens with one attached hydrogen (secondary N) is 1. The molecule has 7 rings (SSSR count). The number of fused-ring (bicyclic) bond motifs is 3. The topological polar surface area (TPSA) is 110 Å². The van der Waals surface area contributed by atoms with E-state index in [1.165, 1.54) is 18.2 Å². The molecule has 11 heteroatoms. The lowest BCUT2D eigenvalue weighted by molar-refractivity contribution is 0.0669. The Hall–Kier alpha value is -4.80. The molecule has 0 fully saturated rings. The minimum atomic E-state index is -0.660. The van der Waals surface area contributed by atoms with Gasteiger partial charge < -0.3 is 14.3 Å². The molecule has 36 heavy (non-hydrogen) atoms. The highest BCUT2D eigenvalue weighted by molar-refractivity contribution is 6.01. The number of H-pyrrole nitrogens is 1. The molecule has 1 aliphatic heterocycles. The number of rotatable bonds is 3. The summed E-state index contributed by atoms with van der Waals surface area (Å²) in [6.45, 7) is 0.427. The second kappa shape index (κ2) is 7.60. The number of amides is 1. The Morgan fingerprint density at radius 1 is 1.14 bits per heavy atom. The molecule has 0 bridgehead atoms. The quantitative estimate of drug-likeness (QED) is 0.413. The lowest BCUT2D eigenvalue weighted by Crippen LogP contribution is -2.40. The van der Waals surface area contributed by atoms with Crippen LogP contribution in [0.3, 0.4) is 0 Å². The Labute approximate surface area is 203 Å². The molecule has 178 valence electrons. The van der Waals surface area contributed by atoms with E-state index in [2.05, 4.69) is 25.1 Å². The first-order valence-electron chi connectivity index (χ1n) is 11.4. The molecular weight excluding hydrogens is 463 g/mol. The van der Waals surface area contributed by atoms with Crippen molar-refractivity contribution < 1.29 is 13.6 Å². The fourth-order valence-electron chi connectivity index (χ4n) is 4.83. The molecule has 1 aromatic carbocycles. The molecule has 0 saturated heterocycles. The van der Waals surface area contributed by atoms with E-state index in [1.807, 2.05) is 31.6 Å². The van der Waals surface area contributed by atoms with Crippen LogP contribution in [-0.2, 0) is 13.5 Å². The summed E-state index contributed by atoms with van der Waals surface area (Å²) < 4.78 is 23.2. The van der Waals surface area contributed by atoms with Gasteiger partial charge in [-0.2, -0.15) is 10.2 Å². The molecule has 1 aliphatic rings. The number of hydrogen-bond acceptors (Lipinski definition) is 6. The van der Waals surface area contributed by atoms with E-state index in [0.717, 1.165) is 16.8 Å². The third-order valence-electron chi connectivity index (χ3n) is 6.57. The SMILES string of the molecule is Cn1cc(-c2ccc3c(C(=O)N4CCc5[nH]cnc5[C@H]4c4nc5cc(F)ccc5o4)cnn3c2)cn1. The van der Waals surface area contributed by atoms with Crippen LogP contribution in [0.25, 0.3) is 27.7 Å². The fourth-order valence-corrected chi connectivity index (χ4v) is 4.83. The van der Waals surface area contributed by atoms with Crippen LogP contribution < -0.4 is 0 Å². The number of halogens is 1. The first-order valence-corrected chi connectivity index (χ1v) is 11.4. The monoisotopic (exact) mass is 482 g/mol. The Bertz CT molecular complexity index is 1780. The van der Waals surface area contributed by atoms with E-state index in [9.17, 15) is 9.18 Å². The Morgan fingerprint density at radius 2 is 2.06 bits per heavy atom. The number of aryl methyl sites for hydroxylation is 1. The van der Waals surface area contributed by atoms with E-state index in [4.69, 9.17) is 4.42 Å². The number of imidazole rings is 1. The largest absolute Gasteiger partial charge is 0.438 e. The third-order valence-corrected chi connectivity index (χ3v) is 6.57. The smallest absolute Gasteiger partial charge is 0.258 e. The molecule has 6 aromatic rings. The summed E-state index contributed by atoms with van der Waals surface area (Å²) in [4.78, 5) is 27.7. The van der Waals surface area contributed by atoms with Gasteiger partial charge in [0.25, 0.3) is 5.91 Å². The molecule has 0 radical (unpaired) electrons. The van der Waals surface area contributed by atoms with Crippen molar-refractivity contribution in [3.63, 3.8) is 0 Å². The lowest BCUT2D eigenvalue weighted by atomic mass is 10.0. The molecule has 0 spiro atoms. The van der Waals surface area contributed by atoms with Crippen LogP contribution in [0.15, 0.2) is 65.9 Å². The van der Waals surface area contributed by atoms with E-state index in [0.29, 0.717) is 40.8 Å². The van der Waals surface area contributed by atoms with Crippen LogP contribution in [0.1, 0.15) is 33.7 Å². The van der Waals surface area contributed by atoms with Crippen molar-refractivity contribution in [3.05, 3.63) is 90.1 Å². The molecule has 10 nitrogen and oxygen atoms in total. The van der Waals surface area contributed by atoms with Crippen molar-refractivity contribution in [1.29, 1.82) is 0 Å². The van der Waals surface area contributed by atoms with Crippen molar-refractivity contribution in [1.82, 2.24) is 39.2 Å². The fraction of sp³-hybridized carbons (Fsp3) is 0.160. The second-order valence-corrected chi connectivity index (χ2v) is 8.79. The average molecular weight is 482 g/mol. The molecule has 6 heterocycles. The third kappa shape index (κ3) is 3.13. The molecule has 1 amide bonds. The van der Waals surface area contributed by atoms with Crippen molar-refractivity contribution >= 4 is 22.5 Å². The Morgan fingerprint density at radius 3 is 2.92 bits per heavy atom. The zero-order chi connectivity index (χ0) is 24.4. The minimum absolute atomic E-state index is 0.216. The highest BCUT2D eigenvalue weighted by Gasteiger charge is 2.38. The number of benzene rings is 1. The predicted molar refractivity (Wildman–Crippen MR) is 127 cm³/mol. The zero-order valence-electron chi connectivity index (χ0n) is 19.1. The summed E-state index contributed by atoms with van der Waals surface area (Å²) in [6, 6.07) is 7.33. The molecule has 1 N–H and O–H groups in total. The number of aromatic nitrogens is 7. The maximum atomic E-state index is 13.9. The van der Waals surface area contributed by atoms with Crippen molar-refractivity contribution in [3.8, 4) is 11.1 Å². The number of carbonyl (C=O) groups excluding carboxylic acids is 1. The van der Waals surface area contributed by atoms with Gasteiger partial charge in [0.1, 0.15) is 11.3 Å². The van der Waals surface area contributed by atoms with E-state index < -0.39 is 11.9 Å². The van der Waals surface area contributed by atoms with Crippen LogP contribution in [0.5, 0.6) is 0 Å². The first-order chi connectivity index (χ1) is 17.5. The van der Waals surface area contributed by atoms with Gasteiger partial charge in [0, 0.05) is 55.3 Å². The van der Waals surface area contributed by atoms with Crippen LogP contribution in [0.4, 0.5) is 4.39 Å². The molecule has 1 atom stereocenters. The number of aromatic amines is 1. The van der Waals surface area contributed by atoms with Crippen molar-refractivity contribution in [2.75, 3.05) is 6.54 Å². The maximum absolute atomic E-state index is 13.9.